The van der Waals surface area contributed by atoms with Crippen LogP contribution in [0.3, 0.4) is 0 Å². The molecule has 0 bridgehead atoms. The van der Waals surface area contributed by atoms with E-state index in [0.29, 0.717) is 23.3 Å². The first-order valence-electron chi connectivity index (χ1n) is 12.6. The summed E-state index contributed by atoms with van der Waals surface area (Å²) in [5, 5.41) is 6.56. The molecule has 2 N–H and O–H groups in total. The van der Waals surface area contributed by atoms with Gasteiger partial charge >= 0.3 is 5.97 Å². The normalized spacial score (nSPS) is 10.8. The fraction of sp³-hybridized carbons (Fsp3) is 0.429. The summed E-state index contributed by atoms with van der Waals surface area (Å²) in [5.74, 6) is -0.769. The Balaban J connectivity index is 1.69. The van der Waals surface area contributed by atoms with Crippen molar-refractivity contribution in [1.82, 2.24) is 10.7 Å². The molecule has 0 atom stereocenters. The van der Waals surface area contributed by atoms with Crippen molar-refractivity contribution >= 4 is 39.9 Å². The van der Waals surface area contributed by atoms with E-state index in [4.69, 9.17) is 4.74 Å². The van der Waals surface area contributed by atoms with Crippen LogP contribution in [0.4, 0.5) is 0 Å². The molecule has 0 radical (unpaired) electrons. The largest absolute Gasteiger partial charge is 0.422 e. The van der Waals surface area contributed by atoms with Crippen molar-refractivity contribution in [3.05, 3.63) is 64.1 Å². The number of amides is 2. The predicted molar refractivity (Wildman–Crippen MR) is 146 cm³/mol. The zero-order chi connectivity index (χ0) is 26.0. The van der Waals surface area contributed by atoms with Crippen LogP contribution in [-0.2, 0) is 9.59 Å². The lowest BCUT2D eigenvalue weighted by atomic mass is 10.1. The molecule has 36 heavy (non-hydrogen) atoms. The first-order chi connectivity index (χ1) is 17.5. The Bertz CT molecular complexity index is 996. The number of carbonyl (C=O) groups excluding carboxylic acids is 3. The minimum Gasteiger partial charge on any atom is -0.422 e. The van der Waals surface area contributed by atoms with Crippen LogP contribution in [-0.4, -0.2) is 30.5 Å². The quantitative estimate of drug-likeness (QED) is 0.0849. The molecule has 8 heteroatoms. The van der Waals surface area contributed by atoms with Crippen LogP contribution in [0.15, 0.2) is 58.1 Å². The van der Waals surface area contributed by atoms with Gasteiger partial charge in [0, 0.05) is 16.5 Å². The third-order valence-corrected chi connectivity index (χ3v) is 6.02. The summed E-state index contributed by atoms with van der Waals surface area (Å²) in [6, 6.07) is 13.8. The molecular weight excluding hydrogens is 522 g/mol. The number of rotatable bonds is 16. The molecular formula is C28H36BrN3O4. The summed E-state index contributed by atoms with van der Waals surface area (Å²) in [6.45, 7) is 2.07. The van der Waals surface area contributed by atoms with E-state index in [9.17, 15) is 14.4 Å². The van der Waals surface area contributed by atoms with Gasteiger partial charge in [-0.05, 0) is 36.8 Å². The van der Waals surface area contributed by atoms with Gasteiger partial charge in [-0.15, -0.1) is 0 Å². The molecule has 0 saturated heterocycles. The number of benzene rings is 2. The number of ether oxygens (including phenoxy) is 1. The highest BCUT2D eigenvalue weighted by molar-refractivity contribution is 9.10. The lowest BCUT2D eigenvalue weighted by molar-refractivity contribution is -0.126. The minimum absolute atomic E-state index is 0.140. The zero-order valence-electron chi connectivity index (χ0n) is 20.9. The Labute approximate surface area is 222 Å². The molecule has 0 unspecified atom stereocenters. The molecule has 0 spiro atoms. The molecule has 2 rings (SSSR count). The first kappa shape index (κ1) is 29.2. The summed E-state index contributed by atoms with van der Waals surface area (Å²) in [4.78, 5) is 36.4. The number of unbranched alkanes of at least 4 members (excludes halogenated alkanes) is 8. The highest BCUT2D eigenvalue weighted by Gasteiger charge is 2.11. The smallest absolute Gasteiger partial charge is 0.343 e. The van der Waals surface area contributed by atoms with Gasteiger partial charge in [0.05, 0.1) is 18.3 Å². The molecule has 7 nitrogen and oxygen atoms in total. The maximum atomic E-state index is 12.4. The molecule has 0 fully saturated rings. The monoisotopic (exact) mass is 557 g/mol. The average molecular weight is 559 g/mol. The van der Waals surface area contributed by atoms with Gasteiger partial charge in [-0.25, -0.2) is 10.2 Å². The molecule has 0 aliphatic rings. The predicted octanol–water partition coefficient (Wildman–Crippen LogP) is 6.16. The van der Waals surface area contributed by atoms with Gasteiger partial charge in [0.15, 0.2) is 0 Å². The summed E-state index contributed by atoms with van der Waals surface area (Å²) < 4.78 is 6.25. The lowest BCUT2D eigenvalue weighted by Crippen LogP contribution is -2.34. The van der Waals surface area contributed by atoms with Crippen LogP contribution >= 0.6 is 15.9 Å². The number of hydrogen-bond acceptors (Lipinski definition) is 5. The van der Waals surface area contributed by atoms with E-state index in [0.717, 1.165) is 23.7 Å². The molecule has 2 amide bonds. The molecule has 0 aromatic heterocycles. The number of halogens is 1. The number of hydrogen-bond donors (Lipinski definition) is 2. The molecule has 0 heterocycles. The Morgan fingerprint density at radius 3 is 2.25 bits per heavy atom. The van der Waals surface area contributed by atoms with Crippen LogP contribution in [0.1, 0.15) is 87.1 Å². The van der Waals surface area contributed by atoms with Crippen LogP contribution in [0.5, 0.6) is 5.75 Å². The highest BCUT2D eigenvalue weighted by atomic mass is 79.9. The van der Waals surface area contributed by atoms with E-state index in [1.54, 1.807) is 42.5 Å². The Kier molecular flexibility index (Phi) is 14.2. The molecule has 0 saturated carbocycles. The molecule has 2 aromatic rings. The summed E-state index contributed by atoms with van der Waals surface area (Å²) in [5.41, 5.74) is 3.31. The average Bonchev–Trinajstić information content (AvgIpc) is 2.88. The van der Waals surface area contributed by atoms with Crippen molar-refractivity contribution in [2.24, 2.45) is 5.10 Å². The number of nitrogens with zero attached hydrogens (tertiary/aromatic N) is 1. The van der Waals surface area contributed by atoms with Crippen LogP contribution in [0, 0.1) is 0 Å². The van der Waals surface area contributed by atoms with Crippen molar-refractivity contribution in [3.63, 3.8) is 0 Å². The topological polar surface area (TPSA) is 96.9 Å². The summed E-state index contributed by atoms with van der Waals surface area (Å²) in [7, 11) is 0. The van der Waals surface area contributed by atoms with Gasteiger partial charge in [0.2, 0.25) is 5.91 Å². The Morgan fingerprint density at radius 1 is 0.889 bits per heavy atom. The third-order valence-electron chi connectivity index (χ3n) is 5.53. The van der Waals surface area contributed by atoms with Gasteiger partial charge in [0.25, 0.3) is 5.91 Å². The molecule has 2 aromatic carbocycles. The van der Waals surface area contributed by atoms with Gasteiger partial charge in [-0.3, -0.25) is 9.59 Å². The fourth-order valence-corrected chi connectivity index (χ4v) is 3.90. The number of nitrogens with one attached hydrogen (secondary N) is 2. The van der Waals surface area contributed by atoms with Crippen LogP contribution in [0.2, 0.25) is 0 Å². The minimum atomic E-state index is -0.494. The van der Waals surface area contributed by atoms with Gasteiger partial charge in [-0.1, -0.05) is 92.4 Å². The van der Waals surface area contributed by atoms with E-state index in [-0.39, 0.29) is 12.5 Å². The third kappa shape index (κ3) is 12.1. The molecule has 194 valence electrons. The van der Waals surface area contributed by atoms with E-state index in [1.807, 2.05) is 6.07 Å². The van der Waals surface area contributed by atoms with Gasteiger partial charge in [-0.2, -0.15) is 5.10 Å². The Hall–Kier alpha value is -3.00. The second-order valence-corrected chi connectivity index (χ2v) is 9.50. The standard InChI is InChI=1S/C28H36BrN3O4/c1-2-3-4-5-6-7-8-9-13-16-26(33)30-21-27(34)32-31-20-23-19-24(29)17-18-25(23)36-28(35)22-14-11-10-12-15-22/h10-12,14-15,17-20H,2-9,13,16,21H2,1H3,(H,30,33)(H,32,34)/b31-20+. The maximum absolute atomic E-state index is 12.4. The zero-order valence-corrected chi connectivity index (χ0v) is 22.5. The van der Waals surface area contributed by atoms with E-state index >= 15 is 0 Å². The fourth-order valence-electron chi connectivity index (χ4n) is 3.52. The first-order valence-corrected chi connectivity index (χ1v) is 13.4. The van der Waals surface area contributed by atoms with Gasteiger partial charge < -0.3 is 10.1 Å². The van der Waals surface area contributed by atoms with Crippen molar-refractivity contribution in [2.75, 3.05) is 6.54 Å². The molecule has 0 aliphatic heterocycles. The summed E-state index contributed by atoms with van der Waals surface area (Å²) >= 11 is 3.38. The Morgan fingerprint density at radius 2 is 1.56 bits per heavy atom. The van der Waals surface area contributed by atoms with Crippen molar-refractivity contribution in [3.8, 4) is 5.75 Å². The SMILES string of the molecule is CCCCCCCCCCCC(=O)NCC(=O)N/N=C/c1cc(Br)ccc1OC(=O)c1ccccc1. The second kappa shape index (κ2) is 17.4. The number of carbonyl (C=O) groups is 3. The van der Waals surface area contributed by atoms with E-state index in [2.05, 4.69) is 38.7 Å². The molecule has 0 aliphatic carbocycles. The van der Waals surface area contributed by atoms with Crippen molar-refractivity contribution < 1.29 is 19.1 Å². The maximum Gasteiger partial charge on any atom is 0.343 e. The second-order valence-electron chi connectivity index (χ2n) is 8.59. The van der Waals surface area contributed by atoms with Crippen LogP contribution < -0.4 is 15.5 Å². The van der Waals surface area contributed by atoms with Gasteiger partial charge in [0.1, 0.15) is 5.75 Å². The van der Waals surface area contributed by atoms with Crippen molar-refractivity contribution in [2.45, 2.75) is 71.1 Å². The lowest BCUT2D eigenvalue weighted by Gasteiger charge is -2.08. The van der Waals surface area contributed by atoms with Crippen LogP contribution in [0.25, 0.3) is 0 Å². The summed E-state index contributed by atoms with van der Waals surface area (Å²) in [6.07, 6.45) is 12.5. The number of hydrazone groups is 1. The van der Waals surface area contributed by atoms with E-state index < -0.39 is 11.9 Å². The van der Waals surface area contributed by atoms with Crippen molar-refractivity contribution in [1.29, 1.82) is 0 Å². The van der Waals surface area contributed by atoms with E-state index in [1.165, 1.54) is 44.7 Å². The highest BCUT2D eigenvalue weighted by Crippen LogP contribution is 2.23. The number of esters is 1.